The first-order valence-electron chi connectivity index (χ1n) is 10.1. The Hall–Kier alpha value is -3.40. The summed E-state index contributed by atoms with van der Waals surface area (Å²) in [7, 11) is 0. The predicted octanol–water partition coefficient (Wildman–Crippen LogP) is 1.44. The molecule has 1 fully saturated rings. The largest absolute Gasteiger partial charge is 0.381 e. The number of nitrogens with zero attached hydrogens (tertiary/aromatic N) is 7. The number of aromatic nitrogens is 6. The molecule has 0 aromatic carbocycles. The Morgan fingerprint density at radius 3 is 2.80 bits per heavy atom. The molecule has 5 rings (SSSR count). The van der Waals surface area contributed by atoms with Gasteiger partial charge in [0.15, 0.2) is 11.6 Å². The van der Waals surface area contributed by atoms with Crippen LogP contribution >= 0.6 is 0 Å². The summed E-state index contributed by atoms with van der Waals surface area (Å²) in [6.45, 7) is 2.08. The fourth-order valence-electron chi connectivity index (χ4n) is 4.13. The molecule has 154 valence electrons. The van der Waals surface area contributed by atoms with Gasteiger partial charge in [0.1, 0.15) is 0 Å². The van der Waals surface area contributed by atoms with Crippen molar-refractivity contribution in [3.05, 3.63) is 54.9 Å². The van der Waals surface area contributed by atoms with E-state index in [4.69, 9.17) is 4.74 Å². The maximum absolute atomic E-state index is 14.0. The van der Waals surface area contributed by atoms with Gasteiger partial charge < -0.3 is 10.1 Å². The molecule has 1 amide bonds. The molecule has 3 aromatic heterocycles. The fraction of sp³-hybridized carbons (Fsp3) is 0.400. The summed E-state index contributed by atoms with van der Waals surface area (Å²) in [5.74, 6) is 1.36. The van der Waals surface area contributed by atoms with Gasteiger partial charge in [0.2, 0.25) is 5.66 Å². The van der Waals surface area contributed by atoms with E-state index in [1.165, 1.54) is 4.68 Å². The van der Waals surface area contributed by atoms with Crippen LogP contribution < -0.4 is 10.2 Å². The molecule has 10 nitrogen and oxygen atoms in total. The van der Waals surface area contributed by atoms with Crippen LogP contribution in [0.3, 0.4) is 0 Å². The third-order valence-electron chi connectivity index (χ3n) is 5.74. The zero-order valence-electron chi connectivity index (χ0n) is 16.4. The first kappa shape index (κ1) is 18.6. The first-order chi connectivity index (χ1) is 14.8. The van der Waals surface area contributed by atoms with E-state index in [0.29, 0.717) is 29.7 Å². The minimum atomic E-state index is -1.34. The van der Waals surface area contributed by atoms with Crippen LogP contribution in [-0.2, 0) is 15.2 Å². The Morgan fingerprint density at radius 2 is 2.03 bits per heavy atom. The number of hydrogen-bond donors (Lipinski definition) is 1. The van der Waals surface area contributed by atoms with E-state index in [-0.39, 0.29) is 5.91 Å². The van der Waals surface area contributed by atoms with Crippen LogP contribution in [0, 0.1) is 5.92 Å². The van der Waals surface area contributed by atoms with E-state index in [1.54, 1.807) is 48.1 Å². The van der Waals surface area contributed by atoms with Gasteiger partial charge in [-0.2, -0.15) is 0 Å². The molecule has 2 aliphatic heterocycles. The molecular formula is C20H22N8O2. The predicted molar refractivity (Wildman–Crippen MR) is 108 cm³/mol. The maximum atomic E-state index is 14.0. The topological polar surface area (TPSA) is 111 Å². The lowest BCUT2D eigenvalue weighted by Crippen LogP contribution is -2.60. The molecule has 0 bridgehead atoms. The number of amides is 1. The van der Waals surface area contributed by atoms with Gasteiger partial charge in [-0.15, -0.1) is 5.10 Å². The maximum Gasteiger partial charge on any atom is 0.281 e. The Labute approximate surface area is 173 Å². The number of rotatable bonds is 5. The molecule has 2 aliphatic rings. The lowest BCUT2D eigenvalue weighted by atomic mass is 9.94. The Kier molecular flexibility index (Phi) is 4.83. The number of nitrogens with one attached hydrogen (secondary N) is 1. The Balaban J connectivity index is 1.58. The number of carbonyl (C=O) groups excluding carboxylic acids is 1. The van der Waals surface area contributed by atoms with Gasteiger partial charge in [-0.25, -0.2) is 14.6 Å². The number of carbonyl (C=O) groups is 1. The number of fused-ring (bicyclic) bond motifs is 1. The summed E-state index contributed by atoms with van der Waals surface area (Å²) in [4.78, 5) is 28.9. The van der Waals surface area contributed by atoms with Crippen molar-refractivity contribution in [3.63, 3.8) is 0 Å². The van der Waals surface area contributed by atoms with Crippen LogP contribution in [-0.4, -0.2) is 55.6 Å². The van der Waals surface area contributed by atoms with Gasteiger partial charge in [0, 0.05) is 56.3 Å². The average Bonchev–Trinajstić information content (AvgIpc) is 3.35. The zero-order valence-corrected chi connectivity index (χ0v) is 16.4. The van der Waals surface area contributed by atoms with Crippen LogP contribution in [0.2, 0.25) is 0 Å². The highest BCUT2D eigenvalue weighted by atomic mass is 16.5. The monoisotopic (exact) mass is 406 g/mol. The van der Waals surface area contributed by atoms with Gasteiger partial charge in [-0.05, 0) is 31.2 Å². The number of pyridine rings is 1. The van der Waals surface area contributed by atoms with Gasteiger partial charge in [0.25, 0.3) is 5.91 Å². The normalized spacial score (nSPS) is 21.9. The van der Waals surface area contributed by atoms with Crippen molar-refractivity contribution in [1.29, 1.82) is 0 Å². The summed E-state index contributed by atoms with van der Waals surface area (Å²) in [5, 5.41) is 11.4. The standard InChI is InChI=1S/C20H22N8O2/c29-19-20(28-11-9-24-26-28,16-2-1-6-21-14-16)25-17-18(23-8-7-22-17)27(19)10-3-15-4-12-30-13-5-15/h1-2,6-9,11,14-15H,3-5,10,12-13H2,(H,22,25). The van der Waals surface area contributed by atoms with Gasteiger partial charge in [-0.3, -0.25) is 14.7 Å². The van der Waals surface area contributed by atoms with Crippen molar-refractivity contribution in [2.24, 2.45) is 5.92 Å². The molecule has 0 aliphatic carbocycles. The van der Waals surface area contributed by atoms with Gasteiger partial charge in [0.05, 0.1) is 6.20 Å². The van der Waals surface area contributed by atoms with Crippen molar-refractivity contribution in [2.75, 3.05) is 30.0 Å². The number of anilines is 2. The number of ether oxygens (including phenoxy) is 1. The molecular weight excluding hydrogens is 384 g/mol. The Bertz CT molecular complexity index is 1010. The third kappa shape index (κ3) is 3.09. The van der Waals surface area contributed by atoms with Crippen LogP contribution in [0.25, 0.3) is 0 Å². The van der Waals surface area contributed by atoms with E-state index in [9.17, 15) is 4.79 Å². The lowest BCUT2D eigenvalue weighted by Gasteiger charge is -2.42. The van der Waals surface area contributed by atoms with Crippen LogP contribution in [0.4, 0.5) is 11.6 Å². The van der Waals surface area contributed by atoms with Crippen molar-refractivity contribution in [3.8, 4) is 0 Å². The first-order valence-corrected chi connectivity index (χ1v) is 10.1. The summed E-state index contributed by atoms with van der Waals surface area (Å²) < 4.78 is 6.99. The summed E-state index contributed by atoms with van der Waals surface area (Å²) in [6.07, 6.45) is 12.6. The van der Waals surface area contributed by atoms with E-state index < -0.39 is 5.66 Å². The average molecular weight is 406 g/mol. The number of hydrogen-bond acceptors (Lipinski definition) is 8. The summed E-state index contributed by atoms with van der Waals surface area (Å²) in [6, 6.07) is 3.64. The molecule has 1 atom stereocenters. The van der Waals surface area contributed by atoms with Gasteiger partial charge >= 0.3 is 0 Å². The Morgan fingerprint density at radius 1 is 1.17 bits per heavy atom. The van der Waals surface area contributed by atoms with Crippen molar-refractivity contribution in [1.82, 2.24) is 29.9 Å². The molecule has 3 aromatic rings. The zero-order chi connectivity index (χ0) is 20.4. The second kappa shape index (κ2) is 7.79. The van der Waals surface area contributed by atoms with Crippen molar-refractivity contribution in [2.45, 2.75) is 24.9 Å². The molecule has 1 unspecified atom stereocenters. The molecule has 5 heterocycles. The van der Waals surface area contributed by atoms with Crippen molar-refractivity contribution < 1.29 is 9.53 Å². The van der Waals surface area contributed by atoms with Crippen molar-refractivity contribution >= 4 is 17.5 Å². The lowest BCUT2D eigenvalue weighted by molar-refractivity contribution is -0.125. The highest BCUT2D eigenvalue weighted by Gasteiger charge is 2.51. The highest BCUT2D eigenvalue weighted by molar-refractivity contribution is 6.06. The molecule has 30 heavy (non-hydrogen) atoms. The fourth-order valence-corrected chi connectivity index (χ4v) is 4.13. The van der Waals surface area contributed by atoms with Crippen LogP contribution in [0.5, 0.6) is 0 Å². The third-order valence-corrected chi connectivity index (χ3v) is 5.74. The highest BCUT2D eigenvalue weighted by Crippen LogP contribution is 2.38. The molecule has 0 saturated carbocycles. The van der Waals surface area contributed by atoms with E-state index in [0.717, 1.165) is 32.5 Å². The van der Waals surface area contributed by atoms with E-state index in [1.807, 2.05) is 6.07 Å². The minimum absolute atomic E-state index is 0.193. The van der Waals surface area contributed by atoms with Crippen LogP contribution in [0.1, 0.15) is 24.8 Å². The van der Waals surface area contributed by atoms with Crippen LogP contribution in [0.15, 0.2) is 49.3 Å². The SMILES string of the molecule is O=C1N(CCC2CCOCC2)c2nccnc2NC1(c1cccnc1)n1ccnn1. The van der Waals surface area contributed by atoms with Gasteiger partial charge in [-0.1, -0.05) is 11.3 Å². The molecule has 1 N–H and O–H groups in total. The second-order valence-electron chi connectivity index (χ2n) is 7.45. The summed E-state index contributed by atoms with van der Waals surface area (Å²) in [5.41, 5.74) is -0.698. The molecule has 0 radical (unpaired) electrons. The molecule has 0 spiro atoms. The second-order valence-corrected chi connectivity index (χ2v) is 7.45. The van der Waals surface area contributed by atoms with E-state index >= 15 is 0 Å². The minimum Gasteiger partial charge on any atom is -0.381 e. The summed E-state index contributed by atoms with van der Waals surface area (Å²) >= 11 is 0. The molecule has 1 saturated heterocycles. The van der Waals surface area contributed by atoms with E-state index in [2.05, 4.69) is 30.6 Å². The quantitative estimate of drug-likeness (QED) is 0.678. The molecule has 10 heteroatoms. The smallest absolute Gasteiger partial charge is 0.281 e.